The molecule has 4 aromatic rings. The fraction of sp³-hybridized carbons (Fsp3) is 0.233. The molecular formula is C30H27BrN2O6S. The first-order chi connectivity index (χ1) is 19.3. The SMILES string of the molecule is CCOC(=O)C1=C(C)N=c2s/c(=C/c3c(OC)ccc4ccccc34)c(=O)n2[C@@H]1c1cc(OC)c(OC)cc1Br. The molecule has 0 bridgehead atoms. The number of thiazole rings is 1. The zero-order chi connectivity index (χ0) is 28.6. The van der Waals surface area contributed by atoms with Crippen molar-refractivity contribution in [1.82, 2.24) is 4.57 Å². The molecule has 0 fully saturated rings. The van der Waals surface area contributed by atoms with Gasteiger partial charge in [-0.15, -0.1) is 0 Å². The van der Waals surface area contributed by atoms with E-state index in [1.54, 1.807) is 44.8 Å². The van der Waals surface area contributed by atoms with E-state index in [-0.39, 0.29) is 17.7 Å². The van der Waals surface area contributed by atoms with Crippen molar-refractivity contribution >= 4 is 50.1 Å². The first-order valence-corrected chi connectivity index (χ1v) is 14.1. The molecule has 40 heavy (non-hydrogen) atoms. The Morgan fingerprint density at radius 3 is 2.45 bits per heavy atom. The monoisotopic (exact) mass is 622 g/mol. The lowest BCUT2D eigenvalue weighted by Gasteiger charge is -2.26. The third kappa shape index (κ3) is 4.71. The molecule has 0 radical (unpaired) electrons. The van der Waals surface area contributed by atoms with E-state index in [2.05, 4.69) is 20.9 Å². The van der Waals surface area contributed by atoms with Crippen LogP contribution < -0.4 is 29.1 Å². The lowest BCUT2D eigenvalue weighted by molar-refractivity contribution is -0.139. The molecule has 0 N–H and O–H groups in total. The first kappa shape index (κ1) is 27.7. The standard InChI is InChI=1S/C30H27BrN2O6S/c1-6-39-29(35)26-16(2)32-30-33(27(26)20-13-23(37-4)24(38-5)15-21(20)31)28(34)25(40-30)14-19-18-10-8-7-9-17(18)11-12-22(19)36-3/h7-15,27H,6H2,1-5H3/b25-14+/t27-/m1/s1. The van der Waals surface area contributed by atoms with Crippen molar-refractivity contribution < 1.29 is 23.7 Å². The zero-order valence-corrected chi connectivity index (χ0v) is 25.0. The van der Waals surface area contributed by atoms with Gasteiger partial charge in [0.15, 0.2) is 16.3 Å². The van der Waals surface area contributed by atoms with Crippen LogP contribution in [0.25, 0.3) is 16.8 Å². The molecule has 0 amide bonds. The summed E-state index contributed by atoms with van der Waals surface area (Å²) in [6, 6.07) is 14.5. The lowest BCUT2D eigenvalue weighted by Crippen LogP contribution is -2.40. The molecule has 5 rings (SSSR count). The summed E-state index contributed by atoms with van der Waals surface area (Å²) in [5.74, 6) is 1.07. The van der Waals surface area contributed by atoms with Gasteiger partial charge in [-0.2, -0.15) is 0 Å². The highest BCUT2D eigenvalue weighted by Crippen LogP contribution is 2.41. The van der Waals surface area contributed by atoms with Gasteiger partial charge in [-0.05, 0) is 54.5 Å². The normalized spacial score (nSPS) is 15.1. The summed E-state index contributed by atoms with van der Waals surface area (Å²) in [5.41, 5.74) is 1.87. The molecule has 0 spiro atoms. The molecule has 10 heteroatoms. The van der Waals surface area contributed by atoms with Gasteiger partial charge in [0.2, 0.25) is 0 Å². The van der Waals surface area contributed by atoms with Crippen LogP contribution in [0.2, 0.25) is 0 Å². The summed E-state index contributed by atoms with van der Waals surface area (Å²) in [4.78, 5) is 32.6. The van der Waals surface area contributed by atoms with E-state index in [0.717, 1.165) is 16.3 Å². The molecule has 8 nitrogen and oxygen atoms in total. The second-order valence-electron chi connectivity index (χ2n) is 8.93. The van der Waals surface area contributed by atoms with Crippen molar-refractivity contribution in [2.45, 2.75) is 19.9 Å². The van der Waals surface area contributed by atoms with Gasteiger partial charge >= 0.3 is 5.97 Å². The average molecular weight is 624 g/mol. The van der Waals surface area contributed by atoms with Crippen LogP contribution in [0.4, 0.5) is 0 Å². The number of fused-ring (bicyclic) bond motifs is 2. The van der Waals surface area contributed by atoms with Gasteiger partial charge in [-0.3, -0.25) is 9.36 Å². The summed E-state index contributed by atoms with van der Waals surface area (Å²) in [6.07, 6.45) is 1.83. The van der Waals surface area contributed by atoms with Crippen LogP contribution >= 0.6 is 27.3 Å². The predicted molar refractivity (Wildman–Crippen MR) is 158 cm³/mol. The van der Waals surface area contributed by atoms with Crippen LogP contribution in [0.3, 0.4) is 0 Å². The maximum atomic E-state index is 14.2. The predicted octanol–water partition coefficient (Wildman–Crippen LogP) is 4.74. The van der Waals surface area contributed by atoms with Gasteiger partial charge in [-0.25, -0.2) is 9.79 Å². The first-order valence-electron chi connectivity index (χ1n) is 12.5. The molecule has 1 aliphatic rings. The lowest BCUT2D eigenvalue weighted by atomic mass is 9.95. The molecule has 1 aliphatic heterocycles. The molecule has 2 heterocycles. The molecule has 0 saturated heterocycles. The summed E-state index contributed by atoms with van der Waals surface area (Å²) >= 11 is 4.88. The number of benzene rings is 3. The van der Waals surface area contributed by atoms with E-state index < -0.39 is 12.0 Å². The number of methoxy groups -OCH3 is 3. The van der Waals surface area contributed by atoms with Gasteiger partial charge in [0.1, 0.15) is 5.75 Å². The van der Waals surface area contributed by atoms with Gasteiger partial charge in [-0.1, -0.05) is 57.6 Å². The minimum Gasteiger partial charge on any atom is -0.496 e. The van der Waals surface area contributed by atoms with E-state index in [4.69, 9.17) is 18.9 Å². The zero-order valence-electron chi connectivity index (χ0n) is 22.6. The summed E-state index contributed by atoms with van der Waals surface area (Å²) in [7, 11) is 4.68. The van der Waals surface area contributed by atoms with Gasteiger partial charge < -0.3 is 18.9 Å². The highest BCUT2D eigenvalue weighted by Gasteiger charge is 2.35. The van der Waals surface area contributed by atoms with Crippen LogP contribution in [0, 0.1) is 0 Å². The topological polar surface area (TPSA) is 88.4 Å². The molecular weight excluding hydrogens is 596 g/mol. The van der Waals surface area contributed by atoms with Crippen LogP contribution in [-0.2, 0) is 9.53 Å². The van der Waals surface area contributed by atoms with Gasteiger partial charge in [0.05, 0.1) is 49.8 Å². The second kappa shape index (κ2) is 11.3. The Morgan fingerprint density at radius 1 is 1.05 bits per heavy atom. The molecule has 0 saturated carbocycles. The minimum atomic E-state index is -0.818. The average Bonchev–Trinajstić information content (AvgIpc) is 3.26. The van der Waals surface area contributed by atoms with Gasteiger partial charge in [0, 0.05) is 10.0 Å². The Hall–Kier alpha value is -3.89. The molecule has 206 valence electrons. The van der Waals surface area contributed by atoms with Crippen molar-refractivity contribution in [3.8, 4) is 17.2 Å². The molecule has 1 atom stereocenters. The maximum Gasteiger partial charge on any atom is 0.338 e. The maximum absolute atomic E-state index is 14.2. The molecule has 0 aliphatic carbocycles. The van der Waals surface area contributed by atoms with E-state index in [1.807, 2.05) is 42.5 Å². The number of halogens is 1. The van der Waals surface area contributed by atoms with E-state index in [1.165, 1.54) is 18.4 Å². The van der Waals surface area contributed by atoms with E-state index >= 15 is 0 Å². The van der Waals surface area contributed by atoms with Crippen molar-refractivity contribution in [2.75, 3.05) is 27.9 Å². The van der Waals surface area contributed by atoms with E-state index in [9.17, 15) is 9.59 Å². The van der Waals surface area contributed by atoms with Crippen molar-refractivity contribution in [1.29, 1.82) is 0 Å². The number of esters is 1. The number of aromatic nitrogens is 1. The van der Waals surface area contributed by atoms with Crippen molar-refractivity contribution in [3.05, 3.63) is 95.1 Å². The van der Waals surface area contributed by atoms with Crippen LogP contribution in [-0.4, -0.2) is 38.5 Å². The smallest absolute Gasteiger partial charge is 0.338 e. The molecule has 1 aromatic heterocycles. The quantitative estimate of drug-likeness (QED) is 0.277. The Bertz CT molecular complexity index is 1860. The van der Waals surface area contributed by atoms with Crippen LogP contribution in [0.5, 0.6) is 17.2 Å². The van der Waals surface area contributed by atoms with Crippen LogP contribution in [0.15, 0.2) is 74.1 Å². The number of nitrogens with zero attached hydrogens (tertiary/aromatic N) is 2. The second-order valence-corrected chi connectivity index (χ2v) is 10.8. The number of allylic oxidation sites excluding steroid dienone is 1. The summed E-state index contributed by atoms with van der Waals surface area (Å²) in [5, 5.41) is 1.98. The third-order valence-electron chi connectivity index (χ3n) is 6.74. The Balaban J connectivity index is 1.82. The van der Waals surface area contributed by atoms with Crippen molar-refractivity contribution in [2.24, 2.45) is 4.99 Å². The number of rotatable bonds is 7. The number of carbonyl (C=O) groups is 1. The minimum absolute atomic E-state index is 0.181. The Morgan fingerprint density at radius 2 is 1.75 bits per heavy atom. The highest BCUT2D eigenvalue weighted by atomic mass is 79.9. The van der Waals surface area contributed by atoms with Crippen LogP contribution in [0.1, 0.15) is 31.0 Å². The third-order valence-corrected chi connectivity index (χ3v) is 8.41. The number of hydrogen-bond acceptors (Lipinski definition) is 8. The number of ether oxygens (including phenoxy) is 4. The summed E-state index contributed by atoms with van der Waals surface area (Å²) in [6.45, 7) is 3.67. The Kier molecular flexibility index (Phi) is 7.82. The fourth-order valence-electron chi connectivity index (χ4n) is 4.90. The largest absolute Gasteiger partial charge is 0.496 e. The van der Waals surface area contributed by atoms with Crippen molar-refractivity contribution in [3.63, 3.8) is 0 Å². The van der Waals surface area contributed by atoms with E-state index in [0.29, 0.717) is 42.3 Å². The summed E-state index contributed by atoms with van der Waals surface area (Å²) < 4.78 is 24.7. The fourth-order valence-corrected chi connectivity index (χ4v) is 6.47. The van der Waals surface area contributed by atoms with Gasteiger partial charge in [0.25, 0.3) is 5.56 Å². The number of hydrogen-bond donors (Lipinski definition) is 0. The number of carbonyl (C=O) groups excluding carboxylic acids is 1. The molecule has 0 unspecified atom stereocenters. The molecule has 3 aromatic carbocycles. The highest BCUT2D eigenvalue weighted by molar-refractivity contribution is 9.10. The Labute approximate surface area is 242 Å².